The van der Waals surface area contributed by atoms with Gasteiger partial charge in [-0.2, -0.15) is 0 Å². The molecule has 14 heavy (non-hydrogen) atoms. The van der Waals surface area contributed by atoms with Crippen molar-refractivity contribution < 1.29 is 5.11 Å². The van der Waals surface area contributed by atoms with E-state index in [1.165, 1.54) is 16.3 Å². The summed E-state index contributed by atoms with van der Waals surface area (Å²) in [6.07, 6.45) is 0.631. The van der Waals surface area contributed by atoms with Gasteiger partial charge < -0.3 is 0 Å². The van der Waals surface area contributed by atoms with E-state index in [0.29, 0.717) is 6.42 Å². The van der Waals surface area contributed by atoms with Crippen molar-refractivity contribution in [1.82, 2.24) is 0 Å². The van der Waals surface area contributed by atoms with Crippen LogP contribution in [0.5, 0.6) is 0 Å². The molecule has 0 unspecified atom stereocenters. The van der Waals surface area contributed by atoms with Crippen LogP contribution in [0.25, 0.3) is 10.8 Å². The smallest absolute Gasteiger partial charge is 0.0862 e. The van der Waals surface area contributed by atoms with Gasteiger partial charge >= 0.3 is 0 Å². The maximum absolute atomic E-state index is 10.5. The summed E-state index contributed by atoms with van der Waals surface area (Å²) in [4.78, 5) is 0. The van der Waals surface area contributed by atoms with Crippen molar-refractivity contribution in [3.63, 3.8) is 0 Å². The topological polar surface area (TPSA) is 19.9 Å². The summed E-state index contributed by atoms with van der Waals surface area (Å²) in [5, 5.41) is 13.1. The van der Waals surface area contributed by atoms with Crippen molar-refractivity contribution >= 4 is 10.8 Å². The van der Waals surface area contributed by atoms with Crippen molar-refractivity contribution in [1.29, 1.82) is 0 Å². The zero-order valence-corrected chi connectivity index (χ0v) is 8.29. The Morgan fingerprint density at radius 1 is 1.14 bits per heavy atom. The molecule has 0 atom stereocenters. The van der Waals surface area contributed by atoms with E-state index in [9.17, 15) is 5.11 Å². The fourth-order valence-electron chi connectivity index (χ4n) is 1.84. The van der Waals surface area contributed by atoms with Crippen LogP contribution in [0.15, 0.2) is 36.4 Å². The third-order valence-electron chi connectivity index (χ3n) is 2.52. The summed E-state index contributed by atoms with van der Waals surface area (Å²) in [5.74, 6) is 0. The van der Waals surface area contributed by atoms with Gasteiger partial charge in [-0.1, -0.05) is 36.4 Å². The first-order chi connectivity index (χ1) is 6.81. The fourth-order valence-corrected chi connectivity index (χ4v) is 1.84. The summed E-state index contributed by atoms with van der Waals surface area (Å²) in [6.45, 7) is 2.06. The van der Waals surface area contributed by atoms with E-state index in [-0.39, 0.29) is 6.61 Å². The second-order valence-electron chi connectivity index (χ2n) is 3.59. The van der Waals surface area contributed by atoms with Gasteiger partial charge in [0.2, 0.25) is 0 Å². The SMILES string of the molecule is Cc1cc(CC[O])cc2ccccc12. The summed E-state index contributed by atoms with van der Waals surface area (Å²) < 4.78 is 0. The summed E-state index contributed by atoms with van der Waals surface area (Å²) in [5.41, 5.74) is 2.41. The largest absolute Gasteiger partial charge is 0.236 e. The van der Waals surface area contributed by atoms with Crippen LogP contribution in [-0.4, -0.2) is 6.61 Å². The highest BCUT2D eigenvalue weighted by atomic mass is 16.2. The van der Waals surface area contributed by atoms with Crippen LogP contribution >= 0.6 is 0 Å². The zero-order chi connectivity index (χ0) is 9.97. The Hall–Kier alpha value is -1.34. The Morgan fingerprint density at radius 2 is 1.93 bits per heavy atom. The molecule has 1 nitrogen and oxygen atoms in total. The van der Waals surface area contributed by atoms with Crippen molar-refractivity contribution in [2.75, 3.05) is 6.61 Å². The monoisotopic (exact) mass is 185 g/mol. The molecule has 0 aliphatic carbocycles. The van der Waals surface area contributed by atoms with Crippen LogP contribution in [0.3, 0.4) is 0 Å². The van der Waals surface area contributed by atoms with Gasteiger partial charge in [0.05, 0.1) is 6.61 Å². The van der Waals surface area contributed by atoms with Crippen LogP contribution in [0, 0.1) is 6.92 Å². The van der Waals surface area contributed by atoms with Crippen LogP contribution in [-0.2, 0) is 11.5 Å². The molecule has 0 saturated carbocycles. The molecule has 2 rings (SSSR count). The first kappa shape index (κ1) is 9.22. The minimum atomic E-state index is -0.0300. The Morgan fingerprint density at radius 3 is 2.71 bits per heavy atom. The molecule has 0 bridgehead atoms. The van der Waals surface area contributed by atoms with Crippen molar-refractivity contribution in [2.24, 2.45) is 0 Å². The minimum Gasteiger partial charge on any atom is -0.236 e. The second kappa shape index (κ2) is 3.81. The molecule has 0 aromatic heterocycles. The van der Waals surface area contributed by atoms with Gasteiger partial charge in [0.15, 0.2) is 0 Å². The number of hydrogen-bond acceptors (Lipinski definition) is 0. The average molecular weight is 185 g/mol. The van der Waals surface area contributed by atoms with Gasteiger partial charge in [0.1, 0.15) is 0 Å². The van der Waals surface area contributed by atoms with Crippen molar-refractivity contribution in [3.05, 3.63) is 47.5 Å². The summed E-state index contributed by atoms with van der Waals surface area (Å²) in [7, 11) is 0. The number of fused-ring (bicyclic) bond motifs is 1. The molecule has 0 saturated heterocycles. The van der Waals surface area contributed by atoms with Gasteiger partial charge in [-0.15, -0.1) is 0 Å². The molecular weight excluding hydrogens is 172 g/mol. The molecule has 0 amide bonds. The molecule has 0 aliphatic rings. The highest BCUT2D eigenvalue weighted by molar-refractivity contribution is 5.86. The Labute approximate surface area is 84.0 Å². The Kier molecular flexibility index (Phi) is 2.51. The third kappa shape index (κ3) is 1.64. The van der Waals surface area contributed by atoms with E-state index < -0.39 is 0 Å². The molecule has 1 heteroatoms. The summed E-state index contributed by atoms with van der Waals surface area (Å²) >= 11 is 0. The van der Waals surface area contributed by atoms with Crippen molar-refractivity contribution in [3.8, 4) is 0 Å². The molecule has 0 aliphatic heterocycles. The Balaban J connectivity index is 2.60. The average Bonchev–Trinajstić information content (AvgIpc) is 2.18. The maximum atomic E-state index is 10.5. The molecule has 0 spiro atoms. The molecule has 71 valence electrons. The first-order valence-corrected chi connectivity index (χ1v) is 4.87. The van der Waals surface area contributed by atoms with E-state index in [0.717, 1.165) is 5.56 Å². The van der Waals surface area contributed by atoms with Gasteiger partial charge in [-0.25, -0.2) is 5.11 Å². The van der Waals surface area contributed by atoms with Gasteiger partial charge in [0, 0.05) is 0 Å². The highest BCUT2D eigenvalue weighted by Crippen LogP contribution is 2.20. The lowest BCUT2D eigenvalue weighted by Crippen LogP contribution is -1.90. The fraction of sp³-hybridized carbons (Fsp3) is 0.231. The predicted octanol–water partition coefficient (Wildman–Crippen LogP) is 3.12. The lowest BCUT2D eigenvalue weighted by molar-refractivity contribution is 0.197. The second-order valence-corrected chi connectivity index (χ2v) is 3.59. The molecule has 1 radical (unpaired) electrons. The van der Waals surface area contributed by atoms with Crippen molar-refractivity contribution in [2.45, 2.75) is 13.3 Å². The number of hydrogen-bond donors (Lipinski definition) is 0. The summed E-state index contributed by atoms with van der Waals surface area (Å²) in [6, 6.07) is 12.5. The van der Waals surface area contributed by atoms with Crippen LogP contribution in [0.4, 0.5) is 0 Å². The van der Waals surface area contributed by atoms with Crippen LogP contribution < -0.4 is 0 Å². The molecule has 0 heterocycles. The van der Waals surface area contributed by atoms with E-state index in [4.69, 9.17) is 0 Å². The van der Waals surface area contributed by atoms with Crippen LogP contribution in [0.1, 0.15) is 11.1 Å². The van der Waals surface area contributed by atoms with Gasteiger partial charge in [-0.3, -0.25) is 0 Å². The highest BCUT2D eigenvalue weighted by Gasteiger charge is 1.99. The maximum Gasteiger partial charge on any atom is 0.0862 e. The van der Waals surface area contributed by atoms with E-state index >= 15 is 0 Å². The number of rotatable bonds is 2. The first-order valence-electron chi connectivity index (χ1n) is 4.87. The van der Waals surface area contributed by atoms with E-state index in [2.05, 4.69) is 31.2 Å². The molecule has 0 fully saturated rings. The van der Waals surface area contributed by atoms with E-state index in [1.807, 2.05) is 12.1 Å². The normalized spacial score (nSPS) is 10.7. The molecule has 0 N–H and O–H groups in total. The molecule has 2 aromatic rings. The van der Waals surface area contributed by atoms with Gasteiger partial charge in [0.25, 0.3) is 0 Å². The van der Waals surface area contributed by atoms with Gasteiger partial charge in [-0.05, 0) is 35.2 Å². The zero-order valence-electron chi connectivity index (χ0n) is 8.29. The standard InChI is InChI=1S/C13H13O/c1-10-8-11(6-7-14)9-12-4-2-3-5-13(10)12/h2-5,8-9H,6-7H2,1H3. The lowest BCUT2D eigenvalue weighted by Gasteiger charge is -2.05. The Bertz CT molecular complexity index is 446. The predicted molar refractivity (Wildman–Crippen MR) is 57.9 cm³/mol. The number of benzene rings is 2. The molecule has 2 aromatic carbocycles. The van der Waals surface area contributed by atoms with Crippen LogP contribution in [0.2, 0.25) is 0 Å². The third-order valence-corrected chi connectivity index (χ3v) is 2.52. The van der Waals surface area contributed by atoms with E-state index in [1.54, 1.807) is 0 Å². The quantitative estimate of drug-likeness (QED) is 0.685. The minimum absolute atomic E-state index is 0.0300. The lowest BCUT2D eigenvalue weighted by atomic mass is 10.0. The molecular formula is C13H13O. The number of aryl methyl sites for hydroxylation is 1.